The van der Waals surface area contributed by atoms with Crippen LogP contribution >= 0.6 is 0 Å². The van der Waals surface area contributed by atoms with E-state index in [0.717, 1.165) is 5.56 Å². The van der Waals surface area contributed by atoms with Crippen molar-refractivity contribution in [3.63, 3.8) is 0 Å². The van der Waals surface area contributed by atoms with Crippen LogP contribution in [0.15, 0.2) is 30.3 Å². The summed E-state index contributed by atoms with van der Waals surface area (Å²) in [5.74, 6) is -0.342. The number of benzene rings is 1. The van der Waals surface area contributed by atoms with Crippen LogP contribution in [0, 0.1) is 0 Å². The number of hydrogen-bond donors (Lipinski definition) is 0. The van der Waals surface area contributed by atoms with Gasteiger partial charge in [-0.1, -0.05) is 30.3 Å². The molecule has 0 radical (unpaired) electrons. The van der Waals surface area contributed by atoms with Gasteiger partial charge < -0.3 is 9.47 Å². The first-order chi connectivity index (χ1) is 7.94. The van der Waals surface area contributed by atoms with E-state index >= 15 is 0 Å². The molecule has 3 nitrogen and oxygen atoms in total. The quantitative estimate of drug-likeness (QED) is 0.753. The van der Waals surface area contributed by atoms with Crippen molar-refractivity contribution < 1.29 is 14.3 Å². The Morgan fingerprint density at radius 1 is 1.24 bits per heavy atom. The average molecular weight is 236 g/mol. The first kappa shape index (κ1) is 13.7. The van der Waals surface area contributed by atoms with E-state index in [1.807, 2.05) is 58.0 Å². The number of rotatable bonds is 4. The second-order valence-electron chi connectivity index (χ2n) is 4.78. The summed E-state index contributed by atoms with van der Waals surface area (Å²) in [5.41, 5.74) is 0.324. The van der Waals surface area contributed by atoms with Gasteiger partial charge in [0, 0.05) is 6.61 Å². The van der Waals surface area contributed by atoms with Gasteiger partial charge in [0.15, 0.2) is 6.10 Å². The number of hydrogen-bond acceptors (Lipinski definition) is 3. The number of carbonyl (C=O) groups excluding carboxylic acids is 1. The molecule has 0 saturated heterocycles. The molecule has 0 amide bonds. The van der Waals surface area contributed by atoms with E-state index in [0.29, 0.717) is 6.61 Å². The molecule has 0 aliphatic heterocycles. The van der Waals surface area contributed by atoms with Crippen molar-refractivity contribution in [2.24, 2.45) is 0 Å². The van der Waals surface area contributed by atoms with Crippen LogP contribution in [0.5, 0.6) is 0 Å². The maximum Gasteiger partial charge on any atom is 0.340 e. The normalized spacial score (nSPS) is 13.2. The topological polar surface area (TPSA) is 35.5 Å². The van der Waals surface area contributed by atoms with Gasteiger partial charge in [0.25, 0.3) is 0 Å². The van der Waals surface area contributed by atoms with E-state index < -0.39 is 11.7 Å². The molecule has 0 spiro atoms. The molecule has 0 aliphatic rings. The molecule has 17 heavy (non-hydrogen) atoms. The highest BCUT2D eigenvalue weighted by Crippen LogP contribution is 2.21. The Morgan fingerprint density at radius 3 is 2.29 bits per heavy atom. The fourth-order valence-corrected chi connectivity index (χ4v) is 1.45. The second-order valence-corrected chi connectivity index (χ2v) is 4.78. The molecule has 0 saturated carbocycles. The van der Waals surface area contributed by atoms with E-state index in [9.17, 15) is 4.79 Å². The lowest BCUT2D eigenvalue weighted by molar-refractivity contribution is -0.169. The van der Waals surface area contributed by atoms with Crippen LogP contribution in [0.3, 0.4) is 0 Å². The van der Waals surface area contributed by atoms with Crippen molar-refractivity contribution in [3.8, 4) is 0 Å². The lowest BCUT2D eigenvalue weighted by Crippen LogP contribution is -2.29. The standard InChI is InChI=1S/C14H20O3/c1-5-16-12(11-9-7-6-8-10-11)13(15)17-14(2,3)4/h6-10,12H,5H2,1-4H3. The van der Waals surface area contributed by atoms with Crippen LogP contribution < -0.4 is 0 Å². The maximum atomic E-state index is 12.0. The zero-order chi connectivity index (χ0) is 12.9. The number of carbonyl (C=O) groups is 1. The molecule has 0 N–H and O–H groups in total. The van der Waals surface area contributed by atoms with Gasteiger partial charge in [0.1, 0.15) is 5.60 Å². The first-order valence-electron chi connectivity index (χ1n) is 5.83. The molecular weight excluding hydrogens is 216 g/mol. The lowest BCUT2D eigenvalue weighted by atomic mass is 10.1. The molecular formula is C14H20O3. The minimum atomic E-state index is -0.638. The van der Waals surface area contributed by atoms with E-state index in [2.05, 4.69) is 0 Å². The van der Waals surface area contributed by atoms with E-state index in [1.54, 1.807) is 0 Å². The molecule has 1 aromatic rings. The SMILES string of the molecule is CCOC(C(=O)OC(C)(C)C)c1ccccc1. The van der Waals surface area contributed by atoms with Crippen LogP contribution in [-0.4, -0.2) is 18.2 Å². The second kappa shape index (κ2) is 5.82. The fraction of sp³-hybridized carbons (Fsp3) is 0.500. The summed E-state index contributed by atoms with van der Waals surface area (Å²) in [6.45, 7) is 7.87. The summed E-state index contributed by atoms with van der Waals surface area (Å²) in [5, 5.41) is 0. The summed E-state index contributed by atoms with van der Waals surface area (Å²) in [7, 11) is 0. The molecule has 0 heterocycles. The zero-order valence-corrected chi connectivity index (χ0v) is 10.9. The fourth-order valence-electron chi connectivity index (χ4n) is 1.45. The van der Waals surface area contributed by atoms with Crippen molar-refractivity contribution in [2.45, 2.75) is 39.4 Å². The van der Waals surface area contributed by atoms with Gasteiger partial charge in [-0.25, -0.2) is 4.79 Å². The van der Waals surface area contributed by atoms with E-state index in [1.165, 1.54) is 0 Å². The van der Waals surface area contributed by atoms with Crippen molar-refractivity contribution >= 4 is 5.97 Å². The highest BCUT2D eigenvalue weighted by molar-refractivity contribution is 5.76. The average Bonchev–Trinajstić information content (AvgIpc) is 2.24. The van der Waals surface area contributed by atoms with Crippen molar-refractivity contribution in [1.29, 1.82) is 0 Å². The molecule has 0 aliphatic carbocycles. The Labute approximate surface area is 103 Å². The molecule has 3 heteroatoms. The summed E-state index contributed by atoms with van der Waals surface area (Å²) in [6, 6.07) is 9.40. The van der Waals surface area contributed by atoms with Gasteiger partial charge in [-0.3, -0.25) is 0 Å². The van der Waals surface area contributed by atoms with Crippen molar-refractivity contribution in [2.75, 3.05) is 6.61 Å². The third-order valence-electron chi connectivity index (χ3n) is 2.06. The van der Waals surface area contributed by atoms with Gasteiger partial charge >= 0.3 is 5.97 Å². The molecule has 94 valence electrons. The molecule has 1 rings (SSSR count). The highest BCUT2D eigenvalue weighted by Gasteiger charge is 2.26. The molecule has 1 aromatic carbocycles. The highest BCUT2D eigenvalue weighted by atomic mass is 16.6. The smallest absolute Gasteiger partial charge is 0.340 e. The molecule has 0 fully saturated rings. The van der Waals surface area contributed by atoms with Crippen molar-refractivity contribution in [3.05, 3.63) is 35.9 Å². The minimum Gasteiger partial charge on any atom is -0.458 e. The van der Waals surface area contributed by atoms with Crippen LogP contribution in [0.4, 0.5) is 0 Å². The maximum absolute atomic E-state index is 12.0. The van der Waals surface area contributed by atoms with Gasteiger partial charge in [0.2, 0.25) is 0 Å². The Balaban J connectivity index is 2.83. The lowest BCUT2D eigenvalue weighted by Gasteiger charge is -2.24. The van der Waals surface area contributed by atoms with Crippen LogP contribution in [-0.2, 0) is 14.3 Å². The van der Waals surface area contributed by atoms with Crippen LogP contribution in [0.1, 0.15) is 39.4 Å². The van der Waals surface area contributed by atoms with Gasteiger partial charge in [0.05, 0.1) is 0 Å². The zero-order valence-electron chi connectivity index (χ0n) is 10.9. The number of ether oxygens (including phenoxy) is 2. The summed E-state index contributed by atoms with van der Waals surface area (Å²) < 4.78 is 10.8. The van der Waals surface area contributed by atoms with Crippen LogP contribution in [0.25, 0.3) is 0 Å². The molecule has 0 aromatic heterocycles. The Kier molecular flexibility index (Phi) is 4.70. The van der Waals surface area contributed by atoms with E-state index in [4.69, 9.17) is 9.47 Å². The monoisotopic (exact) mass is 236 g/mol. The predicted molar refractivity (Wildman–Crippen MR) is 66.7 cm³/mol. The van der Waals surface area contributed by atoms with Gasteiger partial charge in [-0.2, -0.15) is 0 Å². The molecule has 1 unspecified atom stereocenters. The summed E-state index contributed by atoms with van der Waals surface area (Å²) >= 11 is 0. The molecule has 0 bridgehead atoms. The predicted octanol–water partition coefficient (Wildman–Crippen LogP) is 3.11. The van der Waals surface area contributed by atoms with Gasteiger partial charge in [-0.15, -0.1) is 0 Å². The largest absolute Gasteiger partial charge is 0.458 e. The van der Waals surface area contributed by atoms with E-state index in [-0.39, 0.29) is 5.97 Å². The first-order valence-corrected chi connectivity index (χ1v) is 5.83. The summed E-state index contributed by atoms with van der Waals surface area (Å²) in [4.78, 5) is 12.0. The third-order valence-corrected chi connectivity index (χ3v) is 2.06. The number of esters is 1. The van der Waals surface area contributed by atoms with Gasteiger partial charge in [-0.05, 0) is 33.3 Å². The third kappa shape index (κ3) is 4.57. The Morgan fingerprint density at radius 2 is 1.82 bits per heavy atom. The summed E-state index contributed by atoms with van der Waals surface area (Å²) in [6.07, 6.45) is -0.638. The molecule has 1 atom stereocenters. The Hall–Kier alpha value is -1.35. The Bertz CT molecular complexity index is 351. The van der Waals surface area contributed by atoms with Crippen molar-refractivity contribution in [1.82, 2.24) is 0 Å². The minimum absolute atomic E-state index is 0.342. The van der Waals surface area contributed by atoms with Crippen LogP contribution in [0.2, 0.25) is 0 Å².